The van der Waals surface area contributed by atoms with Crippen LogP contribution < -0.4 is 10.6 Å². The molecule has 0 unspecified atom stereocenters. The van der Waals surface area contributed by atoms with Gasteiger partial charge in [0.1, 0.15) is 0 Å². The maximum atomic E-state index is 12.1. The number of hydrogen-bond acceptors (Lipinski definition) is 2. The van der Waals surface area contributed by atoms with E-state index in [2.05, 4.69) is 30.5 Å². The van der Waals surface area contributed by atoms with Crippen molar-refractivity contribution in [3.05, 3.63) is 29.3 Å². The molecule has 0 aromatic heterocycles. The summed E-state index contributed by atoms with van der Waals surface area (Å²) >= 11 is 0. The van der Waals surface area contributed by atoms with Crippen molar-refractivity contribution in [3.8, 4) is 0 Å². The largest absolute Gasteiger partial charge is 0.324 e. The Morgan fingerprint density at radius 3 is 2.44 bits per heavy atom. The standard InChI is InChI=1S/C15H24N2O/c1-6-12-8-9-13(10-11(12)3)17-14(18)15(4,5)16-7-2/h8-10,16H,6-7H2,1-5H3,(H,17,18). The van der Waals surface area contributed by atoms with E-state index < -0.39 is 5.54 Å². The van der Waals surface area contributed by atoms with Gasteiger partial charge in [0.15, 0.2) is 0 Å². The number of aryl methyl sites for hydroxylation is 2. The van der Waals surface area contributed by atoms with Gasteiger partial charge in [0, 0.05) is 5.69 Å². The minimum absolute atomic E-state index is 0.00648. The van der Waals surface area contributed by atoms with Crippen molar-refractivity contribution < 1.29 is 4.79 Å². The summed E-state index contributed by atoms with van der Waals surface area (Å²) in [4.78, 5) is 12.1. The van der Waals surface area contributed by atoms with Gasteiger partial charge in [-0.2, -0.15) is 0 Å². The van der Waals surface area contributed by atoms with Gasteiger partial charge in [-0.15, -0.1) is 0 Å². The molecule has 0 radical (unpaired) electrons. The number of carbonyl (C=O) groups excluding carboxylic acids is 1. The molecule has 1 amide bonds. The lowest BCUT2D eigenvalue weighted by atomic mass is 10.0. The van der Waals surface area contributed by atoms with Gasteiger partial charge in [-0.1, -0.05) is 19.9 Å². The number of carbonyl (C=O) groups is 1. The number of nitrogens with one attached hydrogen (secondary N) is 2. The zero-order valence-electron chi connectivity index (χ0n) is 12.1. The van der Waals surface area contributed by atoms with Crippen LogP contribution in [-0.4, -0.2) is 18.0 Å². The van der Waals surface area contributed by atoms with Gasteiger partial charge >= 0.3 is 0 Å². The van der Waals surface area contributed by atoms with Crippen LogP contribution in [0.5, 0.6) is 0 Å². The minimum Gasteiger partial charge on any atom is -0.324 e. The summed E-state index contributed by atoms with van der Waals surface area (Å²) in [6.07, 6.45) is 1.02. The lowest BCUT2D eigenvalue weighted by Gasteiger charge is -2.24. The maximum Gasteiger partial charge on any atom is 0.244 e. The highest BCUT2D eigenvalue weighted by Gasteiger charge is 2.26. The molecule has 18 heavy (non-hydrogen) atoms. The average Bonchev–Trinajstić information content (AvgIpc) is 2.29. The van der Waals surface area contributed by atoms with Gasteiger partial charge in [-0.3, -0.25) is 4.79 Å². The predicted octanol–water partition coefficient (Wildman–Crippen LogP) is 2.88. The second-order valence-corrected chi connectivity index (χ2v) is 5.10. The first-order valence-electron chi connectivity index (χ1n) is 6.56. The molecule has 0 spiro atoms. The third-order valence-electron chi connectivity index (χ3n) is 3.17. The van der Waals surface area contributed by atoms with Crippen molar-refractivity contribution in [3.63, 3.8) is 0 Å². The van der Waals surface area contributed by atoms with Crippen LogP contribution in [-0.2, 0) is 11.2 Å². The molecule has 0 saturated carbocycles. The smallest absolute Gasteiger partial charge is 0.244 e. The average molecular weight is 248 g/mol. The zero-order chi connectivity index (χ0) is 13.8. The lowest BCUT2D eigenvalue weighted by Crippen LogP contribution is -2.49. The molecular formula is C15H24N2O. The van der Waals surface area contributed by atoms with Gasteiger partial charge in [-0.05, 0) is 57.0 Å². The van der Waals surface area contributed by atoms with Crippen LogP contribution in [0, 0.1) is 6.92 Å². The lowest BCUT2D eigenvalue weighted by molar-refractivity contribution is -0.121. The van der Waals surface area contributed by atoms with Crippen LogP contribution in [0.1, 0.15) is 38.8 Å². The second-order valence-electron chi connectivity index (χ2n) is 5.10. The molecule has 0 fully saturated rings. The van der Waals surface area contributed by atoms with Crippen LogP contribution >= 0.6 is 0 Å². The van der Waals surface area contributed by atoms with E-state index in [1.165, 1.54) is 11.1 Å². The topological polar surface area (TPSA) is 41.1 Å². The molecule has 0 aliphatic heterocycles. The van der Waals surface area contributed by atoms with E-state index >= 15 is 0 Å². The molecule has 1 aromatic rings. The fraction of sp³-hybridized carbons (Fsp3) is 0.533. The first-order chi connectivity index (χ1) is 8.40. The Labute approximate surface area is 110 Å². The van der Waals surface area contributed by atoms with Crippen molar-refractivity contribution in [2.24, 2.45) is 0 Å². The highest BCUT2D eigenvalue weighted by molar-refractivity contribution is 5.97. The monoisotopic (exact) mass is 248 g/mol. The van der Waals surface area contributed by atoms with Gasteiger partial charge in [0.2, 0.25) is 5.91 Å². The number of rotatable bonds is 5. The van der Waals surface area contributed by atoms with E-state index in [0.717, 1.165) is 18.7 Å². The van der Waals surface area contributed by atoms with E-state index in [1.54, 1.807) is 0 Å². The number of amides is 1. The summed E-state index contributed by atoms with van der Waals surface area (Å²) in [6, 6.07) is 6.07. The fourth-order valence-corrected chi connectivity index (χ4v) is 1.98. The number of anilines is 1. The summed E-state index contributed by atoms with van der Waals surface area (Å²) in [6.45, 7) is 10.8. The normalized spacial score (nSPS) is 11.4. The Morgan fingerprint density at radius 1 is 1.28 bits per heavy atom. The van der Waals surface area contributed by atoms with E-state index in [0.29, 0.717) is 0 Å². The first-order valence-corrected chi connectivity index (χ1v) is 6.56. The molecule has 0 saturated heterocycles. The summed E-state index contributed by atoms with van der Waals surface area (Å²) in [5, 5.41) is 6.12. The third-order valence-corrected chi connectivity index (χ3v) is 3.17. The summed E-state index contributed by atoms with van der Waals surface area (Å²) in [5.74, 6) is -0.00648. The molecule has 100 valence electrons. The molecule has 0 aliphatic rings. The van der Waals surface area contributed by atoms with Crippen molar-refractivity contribution in [1.82, 2.24) is 5.32 Å². The Balaban J connectivity index is 2.79. The minimum atomic E-state index is -0.550. The highest BCUT2D eigenvalue weighted by Crippen LogP contribution is 2.17. The van der Waals surface area contributed by atoms with Crippen LogP contribution in [0.2, 0.25) is 0 Å². The SMILES string of the molecule is CCNC(C)(C)C(=O)Nc1ccc(CC)c(C)c1. The van der Waals surface area contributed by atoms with Crippen LogP contribution in [0.15, 0.2) is 18.2 Å². The van der Waals surface area contributed by atoms with Crippen molar-refractivity contribution in [2.45, 2.75) is 46.6 Å². The van der Waals surface area contributed by atoms with E-state index in [-0.39, 0.29) is 5.91 Å². The number of benzene rings is 1. The Bertz CT molecular complexity index is 425. The Morgan fingerprint density at radius 2 is 1.94 bits per heavy atom. The molecule has 0 heterocycles. The van der Waals surface area contributed by atoms with Gasteiger partial charge < -0.3 is 10.6 Å². The van der Waals surface area contributed by atoms with E-state index in [4.69, 9.17) is 0 Å². The van der Waals surface area contributed by atoms with Crippen molar-refractivity contribution >= 4 is 11.6 Å². The highest BCUT2D eigenvalue weighted by atomic mass is 16.2. The molecular weight excluding hydrogens is 224 g/mol. The van der Waals surface area contributed by atoms with Crippen LogP contribution in [0.3, 0.4) is 0 Å². The fourth-order valence-electron chi connectivity index (χ4n) is 1.98. The van der Waals surface area contributed by atoms with Crippen molar-refractivity contribution in [1.29, 1.82) is 0 Å². The molecule has 0 aliphatic carbocycles. The summed E-state index contributed by atoms with van der Waals surface area (Å²) < 4.78 is 0. The van der Waals surface area contributed by atoms with E-state index in [9.17, 15) is 4.79 Å². The van der Waals surface area contributed by atoms with Gasteiger partial charge in [0.25, 0.3) is 0 Å². The molecule has 0 bridgehead atoms. The second kappa shape index (κ2) is 6.01. The molecule has 2 N–H and O–H groups in total. The molecule has 1 aromatic carbocycles. The Kier molecular flexibility index (Phi) is 4.91. The van der Waals surface area contributed by atoms with Crippen LogP contribution in [0.4, 0.5) is 5.69 Å². The quantitative estimate of drug-likeness (QED) is 0.841. The molecule has 1 rings (SSSR count). The molecule has 3 heteroatoms. The van der Waals surface area contributed by atoms with Gasteiger partial charge in [-0.25, -0.2) is 0 Å². The van der Waals surface area contributed by atoms with Crippen LogP contribution in [0.25, 0.3) is 0 Å². The first kappa shape index (κ1) is 14.7. The maximum absolute atomic E-state index is 12.1. The summed E-state index contributed by atoms with van der Waals surface area (Å²) in [5.41, 5.74) is 2.85. The Hall–Kier alpha value is -1.35. The van der Waals surface area contributed by atoms with E-state index in [1.807, 2.05) is 32.9 Å². The van der Waals surface area contributed by atoms with Crippen molar-refractivity contribution in [2.75, 3.05) is 11.9 Å². The van der Waals surface area contributed by atoms with Gasteiger partial charge in [0.05, 0.1) is 5.54 Å². The summed E-state index contributed by atoms with van der Waals surface area (Å²) in [7, 11) is 0. The predicted molar refractivity (Wildman–Crippen MR) is 76.9 cm³/mol. The third kappa shape index (κ3) is 3.57. The molecule has 3 nitrogen and oxygen atoms in total. The number of hydrogen-bond donors (Lipinski definition) is 2. The zero-order valence-corrected chi connectivity index (χ0v) is 12.1. The number of likely N-dealkylation sites (N-methyl/N-ethyl adjacent to an activating group) is 1. The molecule has 0 atom stereocenters.